The fourth-order valence-corrected chi connectivity index (χ4v) is 4.39. The zero-order valence-corrected chi connectivity index (χ0v) is 12.0. The normalized spacial score (nSPS) is 20.3. The van der Waals surface area contributed by atoms with Crippen molar-refractivity contribution < 1.29 is 0 Å². The SMILES string of the molecule is c1ccc2sc(CCNC3CCCSC3)nc2c1. The lowest BCUT2D eigenvalue weighted by Gasteiger charge is -2.22. The second-order valence-electron chi connectivity index (χ2n) is 4.69. The van der Waals surface area contributed by atoms with Crippen LogP contribution in [0.25, 0.3) is 10.2 Å². The van der Waals surface area contributed by atoms with Gasteiger partial charge in [-0.3, -0.25) is 0 Å². The number of thioether (sulfide) groups is 1. The molecule has 1 fully saturated rings. The molecule has 0 bridgehead atoms. The van der Waals surface area contributed by atoms with E-state index in [1.54, 1.807) is 0 Å². The Hall–Kier alpha value is -0.580. The Balaban J connectivity index is 1.53. The topological polar surface area (TPSA) is 24.9 Å². The van der Waals surface area contributed by atoms with Gasteiger partial charge in [0.1, 0.15) is 0 Å². The number of hydrogen-bond acceptors (Lipinski definition) is 4. The Labute approximate surface area is 116 Å². The Morgan fingerprint density at radius 3 is 3.11 bits per heavy atom. The van der Waals surface area contributed by atoms with E-state index in [4.69, 9.17) is 0 Å². The van der Waals surface area contributed by atoms with Crippen LogP contribution in [-0.4, -0.2) is 29.1 Å². The molecule has 1 unspecified atom stereocenters. The van der Waals surface area contributed by atoms with Crippen molar-refractivity contribution >= 4 is 33.3 Å². The predicted molar refractivity (Wildman–Crippen MR) is 81.7 cm³/mol. The van der Waals surface area contributed by atoms with Gasteiger partial charge in [0.15, 0.2) is 0 Å². The lowest BCUT2D eigenvalue weighted by Crippen LogP contribution is -2.35. The molecule has 18 heavy (non-hydrogen) atoms. The van der Waals surface area contributed by atoms with E-state index in [1.807, 2.05) is 11.3 Å². The van der Waals surface area contributed by atoms with Gasteiger partial charge in [-0.15, -0.1) is 11.3 Å². The summed E-state index contributed by atoms with van der Waals surface area (Å²) in [5.41, 5.74) is 1.14. The van der Waals surface area contributed by atoms with Crippen LogP contribution in [-0.2, 0) is 6.42 Å². The van der Waals surface area contributed by atoms with Gasteiger partial charge in [-0.25, -0.2) is 4.98 Å². The molecule has 1 aromatic carbocycles. The summed E-state index contributed by atoms with van der Waals surface area (Å²) in [6, 6.07) is 9.12. The van der Waals surface area contributed by atoms with Crippen molar-refractivity contribution in [2.24, 2.45) is 0 Å². The van der Waals surface area contributed by atoms with E-state index >= 15 is 0 Å². The molecule has 1 aliphatic rings. The van der Waals surface area contributed by atoms with E-state index in [0.29, 0.717) is 0 Å². The number of aromatic nitrogens is 1. The van der Waals surface area contributed by atoms with Crippen molar-refractivity contribution in [2.45, 2.75) is 25.3 Å². The number of para-hydroxylation sites is 1. The second kappa shape index (κ2) is 6.04. The first-order valence-electron chi connectivity index (χ1n) is 6.57. The number of nitrogens with zero attached hydrogens (tertiary/aromatic N) is 1. The summed E-state index contributed by atoms with van der Waals surface area (Å²) in [7, 11) is 0. The van der Waals surface area contributed by atoms with Crippen LogP contribution in [0, 0.1) is 0 Å². The molecule has 0 amide bonds. The highest BCUT2D eigenvalue weighted by molar-refractivity contribution is 7.99. The Morgan fingerprint density at radius 1 is 1.33 bits per heavy atom. The first kappa shape index (κ1) is 12.5. The van der Waals surface area contributed by atoms with E-state index in [-0.39, 0.29) is 0 Å². The first-order valence-corrected chi connectivity index (χ1v) is 8.54. The number of nitrogens with one attached hydrogen (secondary N) is 1. The average Bonchev–Trinajstić information content (AvgIpc) is 2.82. The number of thiazole rings is 1. The molecule has 0 saturated carbocycles. The smallest absolute Gasteiger partial charge is 0.0951 e. The minimum Gasteiger partial charge on any atom is -0.313 e. The van der Waals surface area contributed by atoms with Gasteiger partial charge in [0.25, 0.3) is 0 Å². The summed E-state index contributed by atoms with van der Waals surface area (Å²) in [5.74, 6) is 2.62. The molecule has 96 valence electrons. The molecule has 0 aliphatic carbocycles. The molecule has 1 saturated heterocycles. The van der Waals surface area contributed by atoms with E-state index in [0.717, 1.165) is 24.5 Å². The zero-order chi connectivity index (χ0) is 12.2. The summed E-state index contributed by atoms with van der Waals surface area (Å²) in [6.45, 7) is 1.06. The maximum atomic E-state index is 4.67. The van der Waals surface area contributed by atoms with Gasteiger partial charge in [-0.05, 0) is 30.7 Å². The van der Waals surface area contributed by atoms with Crippen LogP contribution in [0.3, 0.4) is 0 Å². The van der Waals surface area contributed by atoms with Crippen molar-refractivity contribution in [2.75, 3.05) is 18.1 Å². The van der Waals surface area contributed by atoms with Crippen molar-refractivity contribution in [3.8, 4) is 0 Å². The van der Waals surface area contributed by atoms with Crippen LogP contribution in [0.1, 0.15) is 17.8 Å². The molecular weight excluding hydrogens is 260 g/mol. The molecule has 4 heteroatoms. The third-order valence-electron chi connectivity index (χ3n) is 3.27. The van der Waals surface area contributed by atoms with Crippen LogP contribution in [0.4, 0.5) is 0 Å². The molecule has 1 aliphatic heterocycles. The van der Waals surface area contributed by atoms with E-state index < -0.39 is 0 Å². The van der Waals surface area contributed by atoms with Gasteiger partial charge in [0, 0.05) is 24.8 Å². The quantitative estimate of drug-likeness (QED) is 0.928. The molecule has 2 nitrogen and oxygen atoms in total. The Morgan fingerprint density at radius 2 is 2.28 bits per heavy atom. The summed E-state index contributed by atoms with van der Waals surface area (Å²) in [4.78, 5) is 4.67. The van der Waals surface area contributed by atoms with Gasteiger partial charge in [-0.1, -0.05) is 12.1 Å². The van der Waals surface area contributed by atoms with E-state index in [2.05, 4.69) is 46.3 Å². The lowest BCUT2D eigenvalue weighted by atomic mass is 10.2. The number of benzene rings is 1. The minimum atomic E-state index is 0.720. The molecule has 1 aromatic heterocycles. The molecule has 0 radical (unpaired) electrons. The summed E-state index contributed by atoms with van der Waals surface area (Å²) >= 11 is 3.91. The Bertz CT molecular complexity index is 470. The minimum absolute atomic E-state index is 0.720. The highest BCUT2D eigenvalue weighted by Gasteiger charge is 2.12. The summed E-state index contributed by atoms with van der Waals surface area (Å²) < 4.78 is 1.31. The number of hydrogen-bond donors (Lipinski definition) is 1. The monoisotopic (exact) mass is 278 g/mol. The van der Waals surface area contributed by atoms with Crippen LogP contribution >= 0.6 is 23.1 Å². The zero-order valence-electron chi connectivity index (χ0n) is 10.4. The molecular formula is C14H18N2S2. The molecule has 2 aromatic rings. The van der Waals surface area contributed by atoms with Gasteiger partial charge < -0.3 is 5.32 Å². The first-order chi connectivity index (χ1) is 8.92. The molecule has 2 heterocycles. The van der Waals surface area contributed by atoms with Gasteiger partial charge in [0.2, 0.25) is 0 Å². The van der Waals surface area contributed by atoms with Gasteiger partial charge in [0.05, 0.1) is 15.2 Å². The fraction of sp³-hybridized carbons (Fsp3) is 0.500. The maximum Gasteiger partial charge on any atom is 0.0951 e. The summed E-state index contributed by atoms with van der Waals surface area (Å²) in [5, 5.41) is 4.92. The molecule has 1 N–H and O–H groups in total. The predicted octanol–water partition coefficient (Wildman–Crippen LogP) is 3.32. The van der Waals surface area contributed by atoms with Crippen LogP contribution in [0.15, 0.2) is 24.3 Å². The van der Waals surface area contributed by atoms with Crippen LogP contribution in [0.2, 0.25) is 0 Å². The largest absolute Gasteiger partial charge is 0.313 e. The number of rotatable bonds is 4. The van der Waals surface area contributed by atoms with E-state index in [1.165, 1.54) is 34.1 Å². The molecule has 3 rings (SSSR count). The standard InChI is InChI=1S/C14H18N2S2/c1-2-6-13-12(5-1)16-14(18-13)7-8-15-11-4-3-9-17-10-11/h1-2,5-6,11,15H,3-4,7-10H2. The van der Waals surface area contributed by atoms with Crippen LogP contribution in [0.5, 0.6) is 0 Å². The van der Waals surface area contributed by atoms with E-state index in [9.17, 15) is 0 Å². The Kier molecular flexibility index (Phi) is 4.18. The third kappa shape index (κ3) is 3.05. The fourth-order valence-electron chi connectivity index (χ4n) is 2.31. The van der Waals surface area contributed by atoms with Crippen molar-refractivity contribution in [1.29, 1.82) is 0 Å². The number of fused-ring (bicyclic) bond motifs is 1. The highest BCUT2D eigenvalue weighted by Crippen LogP contribution is 2.22. The molecule has 1 atom stereocenters. The van der Waals surface area contributed by atoms with Gasteiger partial charge in [-0.2, -0.15) is 11.8 Å². The van der Waals surface area contributed by atoms with Crippen molar-refractivity contribution in [1.82, 2.24) is 10.3 Å². The summed E-state index contributed by atoms with van der Waals surface area (Å²) in [6.07, 6.45) is 3.76. The lowest BCUT2D eigenvalue weighted by molar-refractivity contribution is 0.511. The highest BCUT2D eigenvalue weighted by atomic mass is 32.2. The second-order valence-corrected chi connectivity index (χ2v) is 6.96. The van der Waals surface area contributed by atoms with Crippen LogP contribution < -0.4 is 5.32 Å². The molecule has 0 spiro atoms. The average molecular weight is 278 g/mol. The maximum absolute atomic E-state index is 4.67. The third-order valence-corrected chi connectivity index (χ3v) is 5.58. The van der Waals surface area contributed by atoms with Gasteiger partial charge >= 0.3 is 0 Å². The van der Waals surface area contributed by atoms with Crippen molar-refractivity contribution in [3.05, 3.63) is 29.3 Å². The van der Waals surface area contributed by atoms with Crippen molar-refractivity contribution in [3.63, 3.8) is 0 Å².